The van der Waals surface area contributed by atoms with Gasteiger partial charge in [0.15, 0.2) is 0 Å². The molecular formula is C27H52N2O3. The summed E-state index contributed by atoms with van der Waals surface area (Å²) in [4.78, 5) is 24.7. The fraction of sp³-hybridized carbons (Fsp3) is 0.852. The summed E-state index contributed by atoms with van der Waals surface area (Å²) in [6.45, 7) is 2.74. The lowest BCUT2D eigenvalue weighted by Crippen LogP contribution is -2.35. The number of hydrogen-bond donors (Lipinski definition) is 2. The number of carboxylic acids is 1. The predicted octanol–water partition coefficient (Wildman–Crippen LogP) is 6.72. The van der Waals surface area contributed by atoms with Gasteiger partial charge in [-0.2, -0.15) is 0 Å². The van der Waals surface area contributed by atoms with E-state index in [1.807, 2.05) is 0 Å². The molecule has 5 heteroatoms. The number of carbonyl (C=O) groups is 2. The van der Waals surface area contributed by atoms with Gasteiger partial charge >= 0.3 is 5.97 Å². The van der Waals surface area contributed by atoms with Gasteiger partial charge in [0.2, 0.25) is 5.91 Å². The van der Waals surface area contributed by atoms with Gasteiger partial charge in [-0.1, -0.05) is 82.8 Å². The van der Waals surface area contributed by atoms with E-state index in [-0.39, 0.29) is 5.91 Å². The van der Waals surface area contributed by atoms with Crippen LogP contribution in [0.25, 0.3) is 0 Å². The van der Waals surface area contributed by atoms with Crippen LogP contribution in [0.4, 0.5) is 0 Å². The highest BCUT2D eigenvalue weighted by Gasteiger charge is 2.18. The molecule has 0 aromatic rings. The zero-order valence-corrected chi connectivity index (χ0v) is 21.4. The first-order chi connectivity index (χ1) is 15.5. The van der Waals surface area contributed by atoms with Crippen molar-refractivity contribution in [1.82, 2.24) is 10.2 Å². The van der Waals surface area contributed by atoms with Gasteiger partial charge in [-0.3, -0.25) is 14.5 Å². The van der Waals surface area contributed by atoms with Crippen molar-refractivity contribution in [3.8, 4) is 0 Å². The molecule has 0 aliphatic rings. The molecule has 0 radical (unpaired) electrons. The Balaban J connectivity index is 3.32. The molecule has 0 aliphatic heterocycles. The van der Waals surface area contributed by atoms with Crippen molar-refractivity contribution in [3.05, 3.63) is 12.2 Å². The zero-order valence-electron chi connectivity index (χ0n) is 21.4. The maximum absolute atomic E-state index is 11.9. The molecule has 188 valence electrons. The molecule has 5 nitrogen and oxygen atoms in total. The SMILES string of the molecule is C/C=C/CCCCCCCCCCCCCCCC(=O)NCCCC[C@@H](C(=O)O)N(C)C. The van der Waals surface area contributed by atoms with Crippen LogP contribution < -0.4 is 5.32 Å². The number of rotatable bonds is 23. The third-order valence-corrected chi connectivity index (χ3v) is 6.15. The van der Waals surface area contributed by atoms with E-state index in [2.05, 4.69) is 24.4 Å². The van der Waals surface area contributed by atoms with Crippen molar-refractivity contribution < 1.29 is 14.7 Å². The quantitative estimate of drug-likeness (QED) is 0.133. The molecule has 0 aromatic heterocycles. The normalized spacial score (nSPS) is 12.5. The van der Waals surface area contributed by atoms with Crippen LogP contribution in [0.5, 0.6) is 0 Å². The molecular weight excluding hydrogens is 400 g/mol. The monoisotopic (exact) mass is 452 g/mol. The van der Waals surface area contributed by atoms with E-state index in [0.717, 1.165) is 25.7 Å². The molecule has 0 rings (SSSR count). The molecule has 0 saturated carbocycles. The highest BCUT2D eigenvalue weighted by Crippen LogP contribution is 2.13. The molecule has 0 fully saturated rings. The number of aliphatic carboxylic acids is 1. The Kier molecular flexibility index (Phi) is 21.9. The Morgan fingerprint density at radius 3 is 1.75 bits per heavy atom. The van der Waals surface area contributed by atoms with Crippen molar-refractivity contribution in [2.75, 3.05) is 20.6 Å². The number of unbranched alkanes of at least 4 members (excludes halogenated alkanes) is 14. The van der Waals surface area contributed by atoms with Gasteiger partial charge in [-0.25, -0.2) is 0 Å². The van der Waals surface area contributed by atoms with Crippen LogP contribution >= 0.6 is 0 Å². The highest BCUT2D eigenvalue weighted by molar-refractivity contribution is 5.75. The summed E-state index contributed by atoms with van der Waals surface area (Å²) < 4.78 is 0. The summed E-state index contributed by atoms with van der Waals surface area (Å²) >= 11 is 0. The second-order valence-electron chi connectivity index (χ2n) is 9.37. The van der Waals surface area contributed by atoms with Gasteiger partial charge in [0.05, 0.1) is 0 Å². The Morgan fingerprint density at radius 1 is 0.781 bits per heavy atom. The first-order valence-electron chi connectivity index (χ1n) is 13.3. The lowest BCUT2D eigenvalue weighted by molar-refractivity contribution is -0.142. The number of nitrogens with one attached hydrogen (secondary N) is 1. The minimum absolute atomic E-state index is 0.134. The van der Waals surface area contributed by atoms with Crippen LogP contribution in [-0.4, -0.2) is 48.6 Å². The topological polar surface area (TPSA) is 69.6 Å². The minimum Gasteiger partial charge on any atom is -0.480 e. The molecule has 1 amide bonds. The Bertz CT molecular complexity index is 478. The average molecular weight is 453 g/mol. The Hall–Kier alpha value is -1.36. The van der Waals surface area contributed by atoms with Crippen LogP contribution in [0.15, 0.2) is 12.2 Å². The summed E-state index contributed by atoms with van der Waals surface area (Å²) in [7, 11) is 3.58. The van der Waals surface area contributed by atoms with E-state index in [9.17, 15) is 9.59 Å². The van der Waals surface area contributed by atoms with Crippen molar-refractivity contribution in [3.63, 3.8) is 0 Å². The van der Waals surface area contributed by atoms with Crippen molar-refractivity contribution in [1.29, 1.82) is 0 Å². The second kappa shape index (κ2) is 22.8. The third kappa shape index (κ3) is 20.5. The third-order valence-electron chi connectivity index (χ3n) is 6.15. The molecule has 0 aromatic carbocycles. The van der Waals surface area contributed by atoms with Gasteiger partial charge in [0, 0.05) is 13.0 Å². The molecule has 0 saturated heterocycles. The van der Waals surface area contributed by atoms with Crippen molar-refractivity contribution in [2.45, 2.75) is 129 Å². The number of hydrogen-bond acceptors (Lipinski definition) is 3. The van der Waals surface area contributed by atoms with Crippen LogP contribution in [0.1, 0.15) is 122 Å². The first kappa shape index (κ1) is 30.6. The van der Waals surface area contributed by atoms with E-state index in [4.69, 9.17) is 5.11 Å². The van der Waals surface area contributed by atoms with Crippen molar-refractivity contribution in [2.24, 2.45) is 0 Å². The summed E-state index contributed by atoms with van der Waals surface area (Å²) in [6, 6.07) is -0.436. The zero-order chi connectivity index (χ0) is 23.9. The molecule has 2 N–H and O–H groups in total. The number of nitrogens with zero attached hydrogens (tertiary/aromatic N) is 1. The van der Waals surface area contributed by atoms with Crippen LogP contribution in [0.3, 0.4) is 0 Å². The molecule has 32 heavy (non-hydrogen) atoms. The smallest absolute Gasteiger partial charge is 0.320 e. The number of amides is 1. The fourth-order valence-corrected chi connectivity index (χ4v) is 4.04. The van der Waals surface area contributed by atoms with Gasteiger partial charge < -0.3 is 10.4 Å². The van der Waals surface area contributed by atoms with Gasteiger partial charge in [0.1, 0.15) is 6.04 Å². The lowest BCUT2D eigenvalue weighted by atomic mass is 10.0. The van der Waals surface area contributed by atoms with E-state index < -0.39 is 12.0 Å². The summed E-state index contributed by atoms with van der Waals surface area (Å²) in [5, 5.41) is 12.1. The van der Waals surface area contributed by atoms with E-state index in [0.29, 0.717) is 19.4 Å². The summed E-state index contributed by atoms with van der Waals surface area (Å²) in [5.41, 5.74) is 0. The molecule has 0 unspecified atom stereocenters. The summed E-state index contributed by atoms with van der Waals surface area (Å²) in [5.74, 6) is -0.644. The van der Waals surface area contributed by atoms with Crippen LogP contribution in [-0.2, 0) is 9.59 Å². The van der Waals surface area contributed by atoms with Gasteiger partial charge in [0.25, 0.3) is 0 Å². The van der Waals surface area contributed by atoms with Gasteiger partial charge in [-0.15, -0.1) is 0 Å². The maximum Gasteiger partial charge on any atom is 0.320 e. The number of likely N-dealkylation sites (N-methyl/N-ethyl adjacent to an activating group) is 1. The van der Waals surface area contributed by atoms with E-state index >= 15 is 0 Å². The Morgan fingerprint density at radius 2 is 1.28 bits per heavy atom. The lowest BCUT2D eigenvalue weighted by Gasteiger charge is -2.19. The molecule has 0 spiro atoms. The number of allylic oxidation sites excluding steroid dienone is 2. The predicted molar refractivity (Wildman–Crippen MR) is 136 cm³/mol. The first-order valence-corrected chi connectivity index (χ1v) is 13.3. The minimum atomic E-state index is -0.777. The van der Waals surface area contributed by atoms with E-state index in [1.54, 1.807) is 19.0 Å². The fourth-order valence-electron chi connectivity index (χ4n) is 4.04. The molecule has 0 aliphatic carbocycles. The molecule has 1 atom stereocenters. The molecule has 0 heterocycles. The molecule has 0 bridgehead atoms. The highest BCUT2D eigenvalue weighted by atomic mass is 16.4. The van der Waals surface area contributed by atoms with Gasteiger partial charge in [-0.05, 0) is 59.5 Å². The maximum atomic E-state index is 11.9. The van der Waals surface area contributed by atoms with Crippen LogP contribution in [0.2, 0.25) is 0 Å². The number of carboxylic acid groups (broad SMARTS) is 1. The summed E-state index contributed by atoms with van der Waals surface area (Å²) in [6.07, 6.45) is 25.6. The largest absolute Gasteiger partial charge is 0.480 e. The standard InChI is InChI=1S/C27H52N2O3/c1-4-5-6-7-8-9-10-11-12-13-14-15-16-17-18-19-23-26(30)28-24-21-20-22-25(27(31)32)29(2)3/h4-5,25H,6-24H2,1-3H3,(H,28,30)(H,31,32)/b5-4+/t25-/m0/s1. The second-order valence-corrected chi connectivity index (χ2v) is 9.37. The van der Waals surface area contributed by atoms with E-state index in [1.165, 1.54) is 77.0 Å². The Labute approximate surface area is 198 Å². The van der Waals surface area contributed by atoms with Crippen molar-refractivity contribution >= 4 is 11.9 Å². The average Bonchev–Trinajstić information content (AvgIpc) is 2.75. The van der Waals surface area contributed by atoms with Crippen LogP contribution in [0, 0.1) is 0 Å². The number of carbonyl (C=O) groups excluding carboxylic acids is 1.